The number of nitro groups is 1. The predicted molar refractivity (Wildman–Crippen MR) is 142 cm³/mol. The summed E-state index contributed by atoms with van der Waals surface area (Å²) in [5, 5.41) is 13.6. The van der Waals surface area contributed by atoms with E-state index in [0.717, 1.165) is 35.4 Å². The maximum atomic E-state index is 12.1. The smallest absolute Gasteiger partial charge is 0.294 e. The van der Waals surface area contributed by atoms with Crippen LogP contribution >= 0.6 is 11.3 Å². The third-order valence-electron chi connectivity index (χ3n) is 7.36. The van der Waals surface area contributed by atoms with Crippen LogP contribution in [0.25, 0.3) is 11.3 Å². The third-order valence-corrected chi connectivity index (χ3v) is 8.22. The van der Waals surface area contributed by atoms with Gasteiger partial charge < -0.3 is 9.47 Å². The van der Waals surface area contributed by atoms with Gasteiger partial charge in [0.2, 0.25) is 5.91 Å². The van der Waals surface area contributed by atoms with Crippen LogP contribution in [-0.2, 0) is 11.3 Å². The van der Waals surface area contributed by atoms with Crippen LogP contribution in [0.3, 0.4) is 0 Å². The number of para-hydroxylation sites is 2. The standard InChI is InChI=1S/C28H32N4O3S/c33-27-12-6-17-30(27)18-7-19-31-26(23-15-13-22(14-16-23)21-8-2-1-3-9-21)20-36-28(31)29-24-10-4-5-11-25(24)32(34)35/h4-5,10-11,13-16,20-21H,1-3,6-9,12,17-19H2. The predicted octanol–water partition coefficient (Wildman–Crippen LogP) is 6.42. The minimum absolute atomic E-state index is 0.00139. The van der Waals surface area contributed by atoms with Gasteiger partial charge >= 0.3 is 0 Å². The number of carbonyl (C=O) groups excluding carboxylic acids is 1. The topological polar surface area (TPSA) is 80.7 Å². The molecule has 0 spiro atoms. The number of rotatable bonds is 8. The van der Waals surface area contributed by atoms with E-state index in [1.807, 2.05) is 4.90 Å². The van der Waals surface area contributed by atoms with E-state index in [4.69, 9.17) is 4.99 Å². The summed E-state index contributed by atoms with van der Waals surface area (Å²) in [6, 6.07) is 15.5. The summed E-state index contributed by atoms with van der Waals surface area (Å²) in [6.07, 6.45) is 8.89. The van der Waals surface area contributed by atoms with Crippen molar-refractivity contribution in [2.75, 3.05) is 13.1 Å². The van der Waals surface area contributed by atoms with Gasteiger partial charge in [-0.15, -0.1) is 11.3 Å². The number of hydrogen-bond acceptors (Lipinski definition) is 5. The van der Waals surface area contributed by atoms with Crippen molar-refractivity contribution in [1.82, 2.24) is 9.47 Å². The minimum Gasteiger partial charge on any atom is -0.343 e. The van der Waals surface area contributed by atoms with Crippen molar-refractivity contribution in [3.63, 3.8) is 0 Å². The Bertz CT molecular complexity index is 1290. The Morgan fingerprint density at radius 3 is 2.50 bits per heavy atom. The average Bonchev–Trinajstić information content (AvgIpc) is 3.50. The molecule has 188 valence electrons. The van der Waals surface area contributed by atoms with Gasteiger partial charge in [0.05, 0.1) is 10.6 Å². The van der Waals surface area contributed by atoms with Crippen molar-refractivity contribution >= 4 is 28.6 Å². The summed E-state index contributed by atoms with van der Waals surface area (Å²) in [4.78, 5) is 30.6. The molecule has 1 aliphatic carbocycles. The Morgan fingerprint density at radius 1 is 1.00 bits per heavy atom. The Morgan fingerprint density at radius 2 is 1.78 bits per heavy atom. The highest BCUT2D eigenvalue weighted by atomic mass is 32.1. The fourth-order valence-corrected chi connectivity index (χ4v) is 6.35. The largest absolute Gasteiger partial charge is 0.343 e. The van der Waals surface area contributed by atoms with Crippen LogP contribution in [0.1, 0.15) is 62.8 Å². The van der Waals surface area contributed by atoms with Gasteiger partial charge in [0.15, 0.2) is 4.80 Å². The van der Waals surface area contributed by atoms with Gasteiger partial charge in [0.25, 0.3) is 5.69 Å². The first kappa shape index (κ1) is 24.4. The maximum Gasteiger partial charge on any atom is 0.294 e. The first-order valence-electron chi connectivity index (χ1n) is 12.9. The summed E-state index contributed by atoms with van der Waals surface area (Å²) < 4.78 is 2.15. The molecule has 2 heterocycles. The molecule has 0 radical (unpaired) electrons. The molecule has 0 unspecified atom stereocenters. The molecule has 5 rings (SSSR count). The lowest BCUT2D eigenvalue weighted by Gasteiger charge is -2.22. The van der Waals surface area contributed by atoms with E-state index >= 15 is 0 Å². The van der Waals surface area contributed by atoms with E-state index < -0.39 is 0 Å². The fraction of sp³-hybridized carbons (Fsp3) is 0.429. The number of aromatic nitrogens is 1. The second kappa shape index (κ2) is 11.2. The Hall–Kier alpha value is -3.26. The SMILES string of the molecule is O=C1CCCN1CCCn1c(-c2ccc(C3CCCCC3)cc2)csc1=Nc1ccccc1[N+](=O)[O-]. The second-order valence-electron chi connectivity index (χ2n) is 9.71. The zero-order valence-corrected chi connectivity index (χ0v) is 21.3. The number of amides is 1. The lowest BCUT2D eigenvalue weighted by Crippen LogP contribution is -2.27. The molecule has 1 amide bonds. The number of hydrogen-bond donors (Lipinski definition) is 0. The van der Waals surface area contributed by atoms with Gasteiger partial charge in [0.1, 0.15) is 5.69 Å². The summed E-state index contributed by atoms with van der Waals surface area (Å²) in [6.45, 7) is 2.23. The molecule has 3 aromatic rings. The molecule has 0 N–H and O–H groups in total. The van der Waals surface area contributed by atoms with Crippen LogP contribution in [0.2, 0.25) is 0 Å². The summed E-state index contributed by atoms with van der Waals surface area (Å²) >= 11 is 1.49. The quantitative estimate of drug-likeness (QED) is 0.262. The summed E-state index contributed by atoms with van der Waals surface area (Å²) in [5.74, 6) is 0.887. The van der Waals surface area contributed by atoms with Crippen molar-refractivity contribution in [3.05, 3.63) is 74.4 Å². The maximum absolute atomic E-state index is 12.1. The molecule has 2 fully saturated rings. The molecule has 36 heavy (non-hydrogen) atoms. The molecule has 0 bridgehead atoms. The van der Waals surface area contributed by atoms with E-state index in [2.05, 4.69) is 34.2 Å². The number of likely N-dealkylation sites (tertiary alicyclic amines) is 1. The van der Waals surface area contributed by atoms with E-state index in [1.54, 1.807) is 18.2 Å². The van der Waals surface area contributed by atoms with Crippen LogP contribution in [0.4, 0.5) is 11.4 Å². The Labute approximate surface area is 215 Å². The van der Waals surface area contributed by atoms with Gasteiger partial charge in [-0.05, 0) is 48.8 Å². The molecule has 2 aliphatic rings. The molecule has 8 heteroatoms. The molecule has 1 aliphatic heterocycles. The molecule has 0 atom stereocenters. The number of carbonyl (C=O) groups is 1. The molecule has 1 saturated carbocycles. The fourth-order valence-electron chi connectivity index (χ4n) is 5.40. The van der Waals surface area contributed by atoms with E-state index in [0.29, 0.717) is 31.1 Å². The van der Waals surface area contributed by atoms with E-state index in [1.165, 1.54) is 55.1 Å². The van der Waals surface area contributed by atoms with Gasteiger partial charge in [-0.3, -0.25) is 14.9 Å². The van der Waals surface area contributed by atoms with Crippen LogP contribution in [0, 0.1) is 10.1 Å². The lowest BCUT2D eigenvalue weighted by molar-refractivity contribution is -0.384. The molecular weight excluding hydrogens is 472 g/mol. The Balaban J connectivity index is 1.46. The highest BCUT2D eigenvalue weighted by Crippen LogP contribution is 2.34. The number of benzene rings is 2. The monoisotopic (exact) mass is 504 g/mol. The number of thiazole rings is 1. The first-order valence-corrected chi connectivity index (χ1v) is 13.8. The zero-order chi connectivity index (χ0) is 24.9. The average molecular weight is 505 g/mol. The Kier molecular flexibility index (Phi) is 7.60. The van der Waals surface area contributed by atoms with Gasteiger partial charge in [-0.1, -0.05) is 55.7 Å². The first-order chi connectivity index (χ1) is 17.6. The van der Waals surface area contributed by atoms with Crippen molar-refractivity contribution in [2.24, 2.45) is 4.99 Å². The van der Waals surface area contributed by atoms with Gasteiger partial charge in [0, 0.05) is 37.5 Å². The van der Waals surface area contributed by atoms with Crippen molar-refractivity contribution in [1.29, 1.82) is 0 Å². The number of nitrogens with zero attached hydrogens (tertiary/aromatic N) is 4. The normalized spacial score (nSPS) is 17.2. The molecule has 7 nitrogen and oxygen atoms in total. The molecule has 1 saturated heterocycles. The molecular formula is C28H32N4O3S. The second-order valence-corrected chi connectivity index (χ2v) is 10.5. The van der Waals surface area contributed by atoms with Crippen molar-refractivity contribution in [2.45, 2.75) is 63.8 Å². The van der Waals surface area contributed by atoms with Crippen LogP contribution in [0.15, 0.2) is 58.9 Å². The highest BCUT2D eigenvalue weighted by Gasteiger charge is 2.20. The summed E-state index contributed by atoms with van der Waals surface area (Å²) in [7, 11) is 0. The van der Waals surface area contributed by atoms with Crippen LogP contribution < -0.4 is 4.80 Å². The van der Waals surface area contributed by atoms with Crippen molar-refractivity contribution < 1.29 is 9.72 Å². The van der Waals surface area contributed by atoms with Gasteiger partial charge in [-0.25, -0.2) is 4.99 Å². The minimum atomic E-state index is -0.388. The van der Waals surface area contributed by atoms with E-state index in [9.17, 15) is 14.9 Å². The van der Waals surface area contributed by atoms with Crippen molar-refractivity contribution in [3.8, 4) is 11.3 Å². The number of nitro benzene ring substituents is 1. The molecule has 2 aromatic carbocycles. The highest BCUT2D eigenvalue weighted by molar-refractivity contribution is 7.07. The van der Waals surface area contributed by atoms with Crippen LogP contribution in [0.5, 0.6) is 0 Å². The van der Waals surface area contributed by atoms with Crippen LogP contribution in [-0.4, -0.2) is 33.4 Å². The molecule has 1 aromatic heterocycles. The summed E-state index contributed by atoms with van der Waals surface area (Å²) in [5.41, 5.74) is 3.94. The van der Waals surface area contributed by atoms with E-state index in [-0.39, 0.29) is 16.5 Å². The lowest BCUT2D eigenvalue weighted by atomic mass is 9.84. The third kappa shape index (κ3) is 5.43. The van der Waals surface area contributed by atoms with Gasteiger partial charge in [-0.2, -0.15) is 0 Å². The zero-order valence-electron chi connectivity index (χ0n) is 20.5.